The van der Waals surface area contributed by atoms with Gasteiger partial charge in [0.15, 0.2) is 0 Å². The summed E-state index contributed by atoms with van der Waals surface area (Å²) in [6.45, 7) is 2.23. The second-order valence-electron chi connectivity index (χ2n) is 6.99. The van der Waals surface area contributed by atoms with Crippen molar-refractivity contribution in [2.45, 2.75) is 19.3 Å². The van der Waals surface area contributed by atoms with Crippen molar-refractivity contribution in [1.82, 2.24) is 0 Å². The minimum Gasteiger partial charge on any atom is -0.457 e. The predicted octanol–water partition coefficient (Wildman–Crippen LogP) is 5.59. The van der Waals surface area contributed by atoms with E-state index in [1.165, 1.54) is 31.0 Å². The third kappa shape index (κ3) is 4.52. The summed E-state index contributed by atoms with van der Waals surface area (Å²) < 4.78 is 5.78. The van der Waals surface area contributed by atoms with Gasteiger partial charge in [-0.3, -0.25) is 4.79 Å². The average molecular weight is 372 g/mol. The highest BCUT2D eigenvalue weighted by Gasteiger charge is 2.10. The zero-order valence-corrected chi connectivity index (χ0v) is 15.8. The molecule has 0 aliphatic carbocycles. The molecule has 4 heteroatoms. The second-order valence-corrected chi connectivity index (χ2v) is 6.99. The first-order valence-electron chi connectivity index (χ1n) is 9.77. The number of anilines is 2. The molecule has 142 valence electrons. The van der Waals surface area contributed by atoms with Crippen LogP contribution in [0.15, 0.2) is 77.2 Å². The molecular formula is C24H24N2O2. The van der Waals surface area contributed by atoms with Gasteiger partial charge in [0.2, 0.25) is 5.91 Å². The third-order valence-corrected chi connectivity index (χ3v) is 4.94. The molecule has 0 spiro atoms. The first kappa shape index (κ1) is 18.1. The maximum Gasteiger partial charge on any atom is 0.248 e. The van der Waals surface area contributed by atoms with Gasteiger partial charge in [-0.1, -0.05) is 30.3 Å². The van der Waals surface area contributed by atoms with Gasteiger partial charge in [-0.05, 0) is 61.7 Å². The first-order chi connectivity index (χ1) is 13.8. The van der Waals surface area contributed by atoms with E-state index in [0.717, 1.165) is 30.1 Å². The van der Waals surface area contributed by atoms with Gasteiger partial charge >= 0.3 is 0 Å². The van der Waals surface area contributed by atoms with Crippen LogP contribution in [-0.4, -0.2) is 19.0 Å². The SMILES string of the molecule is O=C(/C=C/c1ccc(-c2ccccc2)o1)Nc1ccc(N2CCCCC2)cc1. The van der Waals surface area contributed by atoms with Crippen molar-refractivity contribution in [3.05, 3.63) is 78.6 Å². The molecule has 28 heavy (non-hydrogen) atoms. The van der Waals surface area contributed by atoms with Crippen molar-refractivity contribution in [2.24, 2.45) is 0 Å². The van der Waals surface area contributed by atoms with Crippen LogP contribution in [0.5, 0.6) is 0 Å². The molecule has 1 amide bonds. The van der Waals surface area contributed by atoms with Gasteiger partial charge in [0, 0.05) is 36.1 Å². The molecular weight excluding hydrogens is 348 g/mol. The lowest BCUT2D eigenvalue weighted by Crippen LogP contribution is -2.29. The topological polar surface area (TPSA) is 45.5 Å². The number of benzene rings is 2. The Kier molecular flexibility index (Phi) is 5.57. The first-order valence-corrected chi connectivity index (χ1v) is 9.77. The van der Waals surface area contributed by atoms with E-state index in [4.69, 9.17) is 4.42 Å². The summed E-state index contributed by atoms with van der Waals surface area (Å²) in [5.74, 6) is 1.26. The molecule has 0 unspecified atom stereocenters. The monoisotopic (exact) mass is 372 g/mol. The molecule has 2 heterocycles. The van der Waals surface area contributed by atoms with Crippen LogP contribution in [0.1, 0.15) is 25.0 Å². The summed E-state index contributed by atoms with van der Waals surface area (Å²) in [5, 5.41) is 2.89. The fourth-order valence-corrected chi connectivity index (χ4v) is 3.45. The molecule has 1 N–H and O–H groups in total. The van der Waals surface area contributed by atoms with Crippen molar-refractivity contribution in [3.63, 3.8) is 0 Å². The number of furan rings is 1. The summed E-state index contributed by atoms with van der Waals surface area (Å²) in [6.07, 6.45) is 7.00. The Morgan fingerprint density at radius 1 is 0.893 bits per heavy atom. The van der Waals surface area contributed by atoms with E-state index >= 15 is 0 Å². The summed E-state index contributed by atoms with van der Waals surface area (Å²) in [6, 6.07) is 21.7. The number of amides is 1. The average Bonchev–Trinajstić information content (AvgIpc) is 3.23. The number of nitrogens with zero attached hydrogens (tertiary/aromatic N) is 1. The Hall–Kier alpha value is -3.27. The van der Waals surface area contributed by atoms with Gasteiger partial charge in [-0.15, -0.1) is 0 Å². The van der Waals surface area contributed by atoms with Gasteiger partial charge < -0.3 is 14.6 Å². The van der Waals surface area contributed by atoms with Crippen LogP contribution in [0.3, 0.4) is 0 Å². The quantitative estimate of drug-likeness (QED) is 0.594. The highest BCUT2D eigenvalue weighted by atomic mass is 16.3. The second kappa shape index (κ2) is 8.61. The van der Waals surface area contributed by atoms with Crippen LogP contribution in [0.4, 0.5) is 11.4 Å². The molecule has 0 radical (unpaired) electrons. The normalized spacial score (nSPS) is 14.4. The van der Waals surface area contributed by atoms with E-state index in [-0.39, 0.29) is 5.91 Å². The Morgan fingerprint density at radius 2 is 1.64 bits per heavy atom. The van der Waals surface area contributed by atoms with E-state index in [9.17, 15) is 4.79 Å². The Balaban J connectivity index is 1.34. The molecule has 1 saturated heterocycles. The number of rotatable bonds is 5. The van der Waals surface area contributed by atoms with E-state index in [1.807, 2.05) is 54.6 Å². The highest BCUT2D eigenvalue weighted by Crippen LogP contribution is 2.23. The van der Waals surface area contributed by atoms with Crippen LogP contribution in [0.2, 0.25) is 0 Å². The Morgan fingerprint density at radius 3 is 2.39 bits per heavy atom. The standard InChI is InChI=1S/C24H24N2O2/c27-24(16-14-22-13-15-23(28-22)19-7-3-1-4-8-19)25-20-9-11-21(12-10-20)26-17-5-2-6-18-26/h1,3-4,7-16H,2,5-6,17-18H2,(H,25,27)/b16-14+. The molecule has 3 aromatic rings. The molecule has 1 aliphatic rings. The van der Waals surface area contributed by atoms with Gasteiger partial charge in [-0.25, -0.2) is 0 Å². The number of carbonyl (C=O) groups excluding carboxylic acids is 1. The largest absolute Gasteiger partial charge is 0.457 e. The third-order valence-electron chi connectivity index (χ3n) is 4.94. The maximum atomic E-state index is 12.2. The van der Waals surface area contributed by atoms with Crippen LogP contribution in [-0.2, 0) is 4.79 Å². The zero-order valence-electron chi connectivity index (χ0n) is 15.8. The lowest BCUT2D eigenvalue weighted by Gasteiger charge is -2.28. The molecule has 1 aromatic heterocycles. The zero-order chi connectivity index (χ0) is 19.2. The van der Waals surface area contributed by atoms with E-state index in [0.29, 0.717) is 5.76 Å². The summed E-state index contributed by atoms with van der Waals surface area (Å²) in [4.78, 5) is 14.6. The molecule has 0 bridgehead atoms. The van der Waals surface area contributed by atoms with Crippen molar-refractivity contribution < 1.29 is 9.21 Å². The summed E-state index contributed by atoms with van der Waals surface area (Å²) in [5.41, 5.74) is 3.03. The molecule has 0 atom stereocenters. The van der Waals surface area contributed by atoms with Crippen LogP contribution >= 0.6 is 0 Å². The van der Waals surface area contributed by atoms with Gasteiger partial charge in [-0.2, -0.15) is 0 Å². The van der Waals surface area contributed by atoms with Crippen molar-refractivity contribution in [1.29, 1.82) is 0 Å². The number of hydrogen-bond donors (Lipinski definition) is 1. The number of nitrogens with one attached hydrogen (secondary N) is 1. The Labute approximate surface area is 165 Å². The van der Waals surface area contributed by atoms with Crippen LogP contribution < -0.4 is 10.2 Å². The minimum absolute atomic E-state index is 0.177. The minimum atomic E-state index is -0.177. The lowest BCUT2D eigenvalue weighted by molar-refractivity contribution is -0.111. The molecule has 1 aliphatic heterocycles. The number of carbonyl (C=O) groups is 1. The van der Waals surface area contributed by atoms with Gasteiger partial charge in [0.25, 0.3) is 0 Å². The molecule has 2 aromatic carbocycles. The van der Waals surface area contributed by atoms with Crippen LogP contribution in [0.25, 0.3) is 17.4 Å². The molecule has 1 fully saturated rings. The fraction of sp³-hybridized carbons (Fsp3) is 0.208. The molecule has 4 rings (SSSR count). The fourth-order valence-electron chi connectivity index (χ4n) is 3.45. The van der Waals surface area contributed by atoms with Gasteiger partial charge in [0.1, 0.15) is 11.5 Å². The van der Waals surface area contributed by atoms with Crippen molar-refractivity contribution in [3.8, 4) is 11.3 Å². The van der Waals surface area contributed by atoms with E-state index in [1.54, 1.807) is 6.08 Å². The molecule has 4 nitrogen and oxygen atoms in total. The summed E-state index contributed by atoms with van der Waals surface area (Å²) in [7, 11) is 0. The maximum absolute atomic E-state index is 12.2. The lowest BCUT2D eigenvalue weighted by atomic mass is 10.1. The number of piperidine rings is 1. The molecule has 0 saturated carbocycles. The number of hydrogen-bond acceptors (Lipinski definition) is 3. The predicted molar refractivity (Wildman–Crippen MR) is 114 cm³/mol. The van der Waals surface area contributed by atoms with Crippen molar-refractivity contribution in [2.75, 3.05) is 23.3 Å². The smallest absolute Gasteiger partial charge is 0.248 e. The Bertz CT molecular complexity index is 936. The van der Waals surface area contributed by atoms with Gasteiger partial charge in [0.05, 0.1) is 0 Å². The van der Waals surface area contributed by atoms with E-state index in [2.05, 4.69) is 22.3 Å². The van der Waals surface area contributed by atoms with Crippen LogP contribution in [0, 0.1) is 0 Å². The van der Waals surface area contributed by atoms with E-state index < -0.39 is 0 Å². The highest BCUT2D eigenvalue weighted by molar-refractivity contribution is 6.01. The van der Waals surface area contributed by atoms with Crippen molar-refractivity contribution >= 4 is 23.4 Å². The summed E-state index contributed by atoms with van der Waals surface area (Å²) >= 11 is 0.